The molecule has 0 saturated carbocycles. The summed E-state index contributed by atoms with van der Waals surface area (Å²) in [6.07, 6.45) is 2.20. The van der Waals surface area contributed by atoms with Crippen molar-refractivity contribution in [3.8, 4) is 6.07 Å². The van der Waals surface area contributed by atoms with E-state index in [4.69, 9.17) is 20.3 Å². The molecule has 0 spiro atoms. The maximum absolute atomic E-state index is 9.07. The molecule has 6 heteroatoms. The number of nitrogens with zero attached hydrogens (tertiary/aromatic N) is 2. The zero-order valence-electron chi connectivity index (χ0n) is 12.4. The molecule has 2 N–H and O–H groups in total. The minimum absolute atomic E-state index is 0.402. The lowest BCUT2D eigenvalue weighted by atomic mass is 9.82. The lowest BCUT2D eigenvalue weighted by Gasteiger charge is -2.32. The first kappa shape index (κ1) is 15.0. The van der Waals surface area contributed by atoms with E-state index >= 15 is 0 Å². The van der Waals surface area contributed by atoms with E-state index in [0.29, 0.717) is 24.1 Å². The van der Waals surface area contributed by atoms with Gasteiger partial charge in [0, 0.05) is 6.20 Å². The Bertz CT molecular complexity index is 536. The highest BCUT2D eigenvalue weighted by atomic mass is 16.7. The molecule has 0 aliphatic carbocycles. The largest absolute Gasteiger partial charge is 0.514 e. The molecule has 0 amide bonds. The Balaban J connectivity index is 2.32. The lowest BCUT2D eigenvalue weighted by molar-refractivity contribution is 0.00578. The summed E-state index contributed by atoms with van der Waals surface area (Å²) in [5.74, 6) is 0. The lowest BCUT2D eigenvalue weighted by Crippen LogP contribution is -2.41. The molecule has 20 heavy (non-hydrogen) atoms. The van der Waals surface area contributed by atoms with Crippen molar-refractivity contribution in [1.82, 2.24) is 4.98 Å². The number of nitriles is 1. The van der Waals surface area contributed by atoms with Gasteiger partial charge in [0.25, 0.3) is 0 Å². The third kappa shape index (κ3) is 2.57. The first-order valence-corrected chi connectivity index (χ1v) is 6.75. The van der Waals surface area contributed by atoms with Crippen LogP contribution >= 0.6 is 0 Å². The van der Waals surface area contributed by atoms with Crippen molar-refractivity contribution in [3.05, 3.63) is 23.4 Å². The quantitative estimate of drug-likeness (QED) is 0.822. The summed E-state index contributed by atoms with van der Waals surface area (Å²) in [4.78, 5) is 4.29. The van der Waals surface area contributed by atoms with Crippen molar-refractivity contribution in [3.63, 3.8) is 0 Å². The fourth-order valence-electron chi connectivity index (χ4n) is 2.07. The van der Waals surface area contributed by atoms with Crippen LogP contribution in [0, 0.1) is 11.3 Å². The van der Waals surface area contributed by atoms with E-state index in [1.165, 1.54) is 0 Å². The number of nitrogens with two attached hydrogens (primary N) is 1. The zero-order valence-corrected chi connectivity index (χ0v) is 12.4. The maximum atomic E-state index is 9.07. The standard InChI is InChI=1S/C14H20BN3O2/c1-13(2)14(3,4)20-15(19-13)12-7-10(5-6-16)11(8-17)9-18-12/h7,9H,5-6,16H2,1-4H3. The molecule has 1 aliphatic rings. The topological polar surface area (TPSA) is 81.2 Å². The molecular formula is C14H20BN3O2. The van der Waals surface area contributed by atoms with Crippen LogP contribution < -0.4 is 11.3 Å². The Labute approximate surface area is 120 Å². The number of rotatable bonds is 3. The van der Waals surface area contributed by atoms with Gasteiger partial charge in [0.1, 0.15) is 6.07 Å². The smallest absolute Gasteiger partial charge is 0.398 e. The molecule has 0 atom stereocenters. The van der Waals surface area contributed by atoms with E-state index in [1.807, 2.05) is 33.8 Å². The molecule has 2 heterocycles. The second-order valence-electron chi connectivity index (χ2n) is 6.01. The predicted molar refractivity (Wildman–Crippen MR) is 77.4 cm³/mol. The Kier molecular flexibility index (Phi) is 3.87. The normalized spacial score (nSPS) is 19.9. The average Bonchev–Trinajstić information content (AvgIpc) is 2.59. The van der Waals surface area contributed by atoms with Gasteiger partial charge < -0.3 is 15.0 Å². The van der Waals surface area contributed by atoms with E-state index in [9.17, 15) is 0 Å². The van der Waals surface area contributed by atoms with Gasteiger partial charge in [0.05, 0.1) is 22.4 Å². The Morgan fingerprint density at radius 3 is 2.40 bits per heavy atom. The van der Waals surface area contributed by atoms with Crippen LogP contribution in [0.1, 0.15) is 38.8 Å². The highest BCUT2D eigenvalue weighted by Gasteiger charge is 2.52. The molecule has 1 aromatic heterocycles. The number of hydrogen-bond acceptors (Lipinski definition) is 5. The molecular weight excluding hydrogens is 253 g/mol. The van der Waals surface area contributed by atoms with Crippen molar-refractivity contribution in [2.24, 2.45) is 5.73 Å². The Morgan fingerprint density at radius 1 is 1.30 bits per heavy atom. The third-order valence-electron chi connectivity index (χ3n) is 4.04. The highest BCUT2D eigenvalue weighted by molar-refractivity contribution is 6.61. The van der Waals surface area contributed by atoms with Gasteiger partial charge in [-0.2, -0.15) is 5.26 Å². The van der Waals surface area contributed by atoms with Crippen LogP contribution in [-0.2, 0) is 15.7 Å². The number of pyridine rings is 1. The first-order valence-electron chi connectivity index (χ1n) is 6.75. The summed E-state index contributed by atoms with van der Waals surface area (Å²) >= 11 is 0. The van der Waals surface area contributed by atoms with Crippen LogP contribution in [0.2, 0.25) is 0 Å². The number of aromatic nitrogens is 1. The second-order valence-corrected chi connectivity index (χ2v) is 6.01. The van der Waals surface area contributed by atoms with Crippen LogP contribution in [0.15, 0.2) is 12.3 Å². The molecule has 106 valence electrons. The van der Waals surface area contributed by atoms with E-state index in [0.717, 1.165) is 5.56 Å². The second kappa shape index (κ2) is 5.17. The summed E-state index contributed by atoms with van der Waals surface area (Å²) < 4.78 is 11.9. The van der Waals surface area contributed by atoms with Crippen LogP contribution in [0.3, 0.4) is 0 Å². The molecule has 5 nitrogen and oxygen atoms in total. The Morgan fingerprint density at radius 2 is 1.90 bits per heavy atom. The van der Waals surface area contributed by atoms with Crippen molar-refractivity contribution >= 4 is 12.7 Å². The van der Waals surface area contributed by atoms with Crippen molar-refractivity contribution in [1.29, 1.82) is 5.26 Å². The minimum Gasteiger partial charge on any atom is -0.398 e. The molecule has 1 aromatic rings. The van der Waals surface area contributed by atoms with Crippen molar-refractivity contribution < 1.29 is 9.31 Å². The number of hydrogen-bond donors (Lipinski definition) is 1. The zero-order chi connectivity index (χ0) is 15.0. The van der Waals surface area contributed by atoms with Gasteiger partial charge in [-0.05, 0) is 52.3 Å². The molecule has 0 unspecified atom stereocenters. The average molecular weight is 273 g/mol. The van der Waals surface area contributed by atoms with E-state index in [1.54, 1.807) is 6.20 Å². The van der Waals surface area contributed by atoms with Crippen LogP contribution in [0.5, 0.6) is 0 Å². The summed E-state index contributed by atoms with van der Waals surface area (Å²) in [5.41, 5.74) is 6.90. The monoisotopic (exact) mass is 273 g/mol. The third-order valence-corrected chi connectivity index (χ3v) is 4.04. The van der Waals surface area contributed by atoms with E-state index < -0.39 is 18.3 Å². The molecule has 2 rings (SSSR count). The molecule has 0 radical (unpaired) electrons. The van der Waals surface area contributed by atoms with E-state index in [-0.39, 0.29) is 0 Å². The maximum Gasteiger partial charge on any atom is 0.514 e. The van der Waals surface area contributed by atoms with Gasteiger partial charge in [-0.3, -0.25) is 4.98 Å². The van der Waals surface area contributed by atoms with Gasteiger partial charge in [0.2, 0.25) is 0 Å². The van der Waals surface area contributed by atoms with Crippen LogP contribution in [0.4, 0.5) is 0 Å². The van der Waals surface area contributed by atoms with Crippen LogP contribution in [-0.4, -0.2) is 29.8 Å². The Hall–Kier alpha value is -1.42. The first-order chi connectivity index (χ1) is 9.30. The van der Waals surface area contributed by atoms with Crippen LogP contribution in [0.25, 0.3) is 0 Å². The van der Waals surface area contributed by atoms with Gasteiger partial charge in [-0.25, -0.2) is 0 Å². The van der Waals surface area contributed by atoms with Gasteiger partial charge >= 0.3 is 7.12 Å². The summed E-state index contributed by atoms with van der Waals surface area (Å²) in [6.45, 7) is 8.48. The fourth-order valence-corrected chi connectivity index (χ4v) is 2.07. The molecule has 0 bridgehead atoms. The highest BCUT2D eigenvalue weighted by Crippen LogP contribution is 2.36. The van der Waals surface area contributed by atoms with Gasteiger partial charge in [-0.1, -0.05) is 0 Å². The predicted octanol–water partition coefficient (Wildman–Crippen LogP) is 0.754. The summed E-state index contributed by atoms with van der Waals surface area (Å²) in [5, 5.41) is 9.07. The summed E-state index contributed by atoms with van der Waals surface area (Å²) in [7, 11) is -0.510. The molecule has 1 aliphatic heterocycles. The van der Waals surface area contributed by atoms with Crippen molar-refractivity contribution in [2.75, 3.05) is 6.54 Å². The van der Waals surface area contributed by atoms with Crippen molar-refractivity contribution in [2.45, 2.75) is 45.3 Å². The van der Waals surface area contributed by atoms with Gasteiger partial charge in [-0.15, -0.1) is 0 Å². The minimum atomic E-state index is -0.510. The fraction of sp³-hybridized carbons (Fsp3) is 0.571. The van der Waals surface area contributed by atoms with Gasteiger partial charge in [0.15, 0.2) is 0 Å². The molecule has 1 saturated heterocycles. The SMILES string of the molecule is CC1(C)OB(c2cc(CCN)c(C#N)cn2)OC1(C)C. The molecule has 0 aromatic carbocycles. The van der Waals surface area contributed by atoms with E-state index in [2.05, 4.69) is 11.1 Å². The summed E-state index contributed by atoms with van der Waals surface area (Å²) in [6, 6.07) is 3.99. The molecule has 1 fully saturated rings.